The Morgan fingerprint density at radius 3 is 2.26 bits per heavy atom. The second kappa shape index (κ2) is 11.7. The van der Waals surface area contributed by atoms with Gasteiger partial charge >= 0.3 is 0 Å². The smallest absolute Gasteiger partial charge is 0.155 e. The molecule has 0 atom stereocenters. The predicted molar refractivity (Wildman–Crippen MR) is 81.2 cm³/mol. The van der Waals surface area contributed by atoms with Crippen molar-refractivity contribution in [3.05, 3.63) is 29.8 Å². The number of unbranched alkanes of at least 4 members (excludes halogenated alkanes) is 3. The van der Waals surface area contributed by atoms with Gasteiger partial charge in [0.1, 0.15) is 6.61 Å². The van der Waals surface area contributed by atoms with Gasteiger partial charge in [0.15, 0.2) is 5.78 Å². The molecule has 2 N–H and O–H groups in total. The van der Waals surface area contributed by atoms with Crippen molar-refractivity contribution < 1.29 is 9.53 Å². The second-order valence-corrected chi connectivity index (χ2v) is 4.73. The number of carbonyl (C=O) groups excluding carboxylic acids is 1. The van der Waals surface area contributed by atoms with E-state index >= 15 is 0 Å². The molecule has 1 rings (SSSR count). The normalized spacial score (nSPS) is 9.63. The minimum atomic E-state index is 0.112. The standard InChI is InChI=1S/C9H18O2.C7H9N/c1-3-4-5-6-7-11-8-9(2)10;1-6-2-4-7(8)5-3-6/h3-8H2,1-2H3;2-5H,8H2,1H3. The third kappa shape index (κ3) is 12.9. The van der Waals surface area contributed by atoms with Gasteiger partial charge in [-0.1, -0.05) is 43.9 Å². The van der Waals surface area contributed by atoms with Gasteiger partial charge in [-0.3, -0.25) is 4.79 Å². The third-order valence-corrected chi connectivity index (χ3v) is 2.52. The Hall–Kier alpha value is -1.35. The summed E-state index contributed by atoms with van der Waals surface area (Å²) < 4.78 is 5.09. The minimum Gasteiger partial charge on any atom is -0.399 e. The van der Waals surface area contributed by atoms with E-state index in [-0.39, 0.29) is 12.4 Å². The van der Waals surface area contributed by atoms with Crippen LogP contribution in [0.4, 0.5) is 5.69 Å². The van der Waals surface area contributed by atoms with Crippen molar-refractivity contribution in [2.45, 2.75) is 46.5 Å². The highest BCUT2D eigenvalue weighted by atomic mass is 16.5. The quantitative estimate of drug-likeness (QED) is 0.603. The molecule has 0 bridgehead atoms. The summed E-state index contributed by atoms with van der Waals surface area (Å²) in [6.07, 6.45) is 4.81. The van der Waals surface area contributed by atoms with E-state index in [0.717, 1.165) is 18.7 Å². The molecule has 1 aromatic rings. The lowest BCUT2D eigenvalue weighted by molar-refractivity contribution is -0.121. The van der Waals surface area contributed by atoms with Crippen LogP contribution in [0, 0.1) is 6.92 Å². The van der Waals surface area contributed by atoms with Gasteiger partial charge in [0.2, 0.25) is 0 Å². The van der Waals surface area contributed by atoms with Crippen LogP contribution < -0.4 is 5.73 Å². The lowest BCUT2D eigenvalue weighted by Gasteiger charge is -2.00. The molecule has 0 aliphatic heterocycles. The number of hydrogen-bond donors (Lipinski definition) is 1. The minimum absolute atomic E-state index is 0.112. The van der Waals surface area contributed by atoms with Crippen molar-refractivity contribution in [1.82, 2.24) is 0 Å². The Morgan fingerprint density at radius 1 is 1.16 bits per heavy atom. The summed E-state index contributed by atoms with van der Waals surface area (Å²) in [5.41, 5.74) is 7.51. The first kappa shape index (κ1) is 17.6. The highest BCUT2D eigenvalue weighted by Gasteiger charge is 1.92. The summed E-state index contributed by atoms with van der Waals surface area (Å²) in [5, 5.41) is 0. The third-order valence-electron chi connectivity index (χ3n) is 2.52. The molecular weight excluding hydrogens is 238 g/mol. The van der Waals surface area contributed by atoms with Crippen LogP contribution in [-0.4, -0.2) is 19.0 Å². The van der Waals surface area contributed by atoms with Gasteiger partial charge in [0, 0.05) is 12.3 Å². The van der Waals surface area contributed by atoms with Crippen LogP contribution in [-0.2, 0) is 9.53 Å². The van der Waals surface area contributed by atoms with Crippen LogP contribution in [0.2, 0.25) is 0 Å². The zero-order valence-corrected chi connectivity index (χ0v) is 12.4. The molecule has 19 heavy (non-hydrogen) atoms. The van der Waals surface area contributed by atoms with Crippen LogP contribution in [0.1, 0.15) is 45.1 Å². The SMILES string of the molecule is CCCCCCOCC(C)=O.Cc1ccc(N)cc1. The maximum absolute atomic E-state index is 10.4. The second-order valence-electron chi connectivity index (χ2n) is 4.73. The molecule has 0 fully saturated rings. The van der Waals surface area contributed by atoms with Crippen LogP contribution in [0.5, 0.6) is 0 Å². The van der Waals surface area contributed by atoms with Crippen molar-refractivity contribution in [3.63, 3.8) is 0 Å². The maximum atomic E-state index is 10.4. The number of Topliss-reactive ketones (excluding diaryl/α,β-unsaturated/α-hetero) is 1. The first-order valence-corrected chi connectivity index (χ1v) is 6.95. The van der Waals surface area contributed by atoms with E-state index < -0.39 is 0 Å². The summed E-state index contributed by atoms with van der Waals surface area (Å²) >= 11 is 0. The fourth-order valence-electron chi connectivity index (χ4n) is 1.41. The zero-order valence-electron chi connectivity index (χ0n) is 12.4. The van der Waals surface area contributed by atoms with Crippen LogP contribution in [0.15, 0.2) is 24.3 Å². The van der Waals surface area contributed by atoms with Crippen LogP contribution in [0.25, 0.3) is 0 Å². The number of rotatable bonds is 7. The number of aryl methyl sites for hydroxylation is 1. The Balaban J connectivity index is 0.000000356. The fraction of sp³-hybridized carbons (Fsp3) is 0.562. The summed E-state index contributed by atoms with van der Waals surface area (Å²) in [6, 6.07) is 7.79. The van der Waals surface area contributed by atoms with E-state index in [9.17, 15) is 4.79 Å². The average Bonchev–Trinajstić information content (AvgIpc) is 2.38. The van der Waals surface area contributed by atoms with Crippen molar-refractivity contribution >= 4 is 11.5 Å². The van der Waals surface area contributed by atoms with E-state index in [1.54, 1.807) is 6.92 Å². The molecule has 0 radical (unpaired) electrons. The molecule has 3 heteroatoms. The first-order chi connectivity index (χ1) is 9.06. The molecule has 0 spiro atoms. The molecule has 0 aromatic heterocycles. The lowest BCUT2D eigenvalue weighted by atomic mass is 10.2. The molecule has 0 aliphatic carbocycles. The number of anilines is 1. The first-order valence-electron chi connectivity index (χ1n) is 6.95. The highest BCUT2D eigenvalue weighted by molar-refractivity contribution is 5.76. The Morgan fingerprint density at radius 2 is 1.79 bits per heavy atom. The highest BCUT2D eigenvalue weighted by Crippen LogP contribution is 2.02. The van der Waals surface area contributed by atoms with Gasteiger partial charge in [-0.15, -0.1) is 0 Å². The van der Waals surface area contributed by atoms with Gasteiger partial charge in [0.05, 0.1) is 0 Å². The molecule has 108 valence electrons. The van der Waals surface area contributed by atoms with E-state index in [4.69, 9.17) is 10.5 Å². The van der Waals surface area contributed by atoms with Gasteiger partial charge < -0.3 is 10.5 Å². The molecule has 0 unspecified atom stereocenters. The summed E-state index contributed by atoms with van der Waals surface area (Å²) in [4.78, 5) is 10.4. The van der Waals surface area contributed by atoms with E-state index in [2.05, 4.69) is 6.92 Å². The number of ether oxygens (including phenoxy) is 1. The van der Waals surface area contributed by atoms with E-state index in [1.165, 1.54) is 24.8 Å². The Bertz CT molecular complexity index is 312. The summed E-state index contributed by atoms with van der Waals surface area (Å²) in [6.45, 7) is 6.79. The van der Waals surface area contributed by atoms with Crippen LogP contribution in [0.3, 0.4) is 0 Å². The number of carbonyl (C=O) groups is 1. The van der Waals surface area contributed by atoms with Gasteiger partial charge in [-0.25, -0.2) is 0 Å². The van der Waals surface area contributed by atoms with Crippen molar-refractivity contribution in [2.75, 3.05) is 18.9 Å². The van der Waals surface area contributed by atoms with E-state index in [1.807, 2.05) is 31.2 Å². The van der Waals surface area contributed by atoms with Crippen molar-refractivity contribution in [3.8, 4) is 0 Å². The Labute approximate surface area is 117 Å². The zero-order chi connectivity index (χ0) is 14.5. The van der Waals surface area contributed by atoms with Crippen molar-refractivity contribution in [1.29, 1.82) is 0 Å². The molecule has 0 aliphatic rings. The van der Waals surface area contributed by atoms with Gasteiger partial charge in [-0.05, 0) is 32.4 Å². The molecule has 0 saturated carbocycles. The Kier molecular flexibility index (Phi) is 10.9. The number of nitrogen functional groups attached to an aromatic ring is 1. The van der Waals surface area contributed by atoms with Crippen LogP contribution >= 0.6 is 0 Å². The van der Waals surface area contributed by atoms with Crippen molar-refractivity contribution in [2.24, 2.45) is 0 Å². The molecule has 0 heterocycles. The van der Waals surface area contributed by atoms with E-state index in [0.29, 0.717) is 0 Å². The molecule has 0 saturated heterocycles. The molecule has 1 aromatic carbocycles. The summed E-state index contributed by atoms with van der Waals surface area (Å²) in [7, 11) is 0. The number of benzene rings is 1. The largest absolute Gasteiger partial charge is 0.399 e. The topological polar surface area (TPSA) is 52.3 Å². The number of nitrogens with two attached hydrogens (primary N) is 1. The monoisotopic (exact) mass is 265 g/mol. The van der Waals surface area contributed by atoms with Gasteiger partial charge in [0.25, 0.3) is 0 Å². The predicted octanol–water partition coefficient (Wildman–Crippen LogP) is 3.75. The summed E-state index contributed by atoms with van der Waals surface area (Å²) in [5.74, 6) is 0.112. The molecular formula is C16H27NO2. The lowest BCUT2D eigenvalue weighted by Crippen LogP contribution is -2.04. The molecule has 0 amide bonds. The average molecular weight is 265 g/mol. The number of ketones is 1. The number of hydrogen-bond acceptors (Lipinski definition) is 3. The fourth-order valence-corrected chi connectivity index (χ4v) is 1.41. The molecule has 3 nitrogen and oxygen atoms in total. The maximum Gasteiger partial charge on any atom is 0.155 e. The van der Waals surface area contributed by atoms with Gasteiger partial charge in [-0.2, -0.15) is 0 Å².